The van der Waals surface area contributed by atoms with Gasteiger partial charge in [-0.3, -0.25) is 19.3 Å². The number of halogens is 3. The third-order valence-corrected chi connectivity index (χ3v) is 7.85. The molecule has 4 N–H and O–H groups in total. The summed E-state index contributed by atoms with van der Waals surface area (Å²) in [5.41, 5.74) is -2.04. The van der Waals surface area contributed by atoms with E-state index in [9.17, 15) is 42.3 Å². The van der Waals surface area contributed by atoms with Crippen molar-refractivity contribution < 1.29 is 47.0 Å². The number of benzene rings is 1. The van der Waals surface area contributed by atoms with Gasteiger partial charge in [0.05, 0.1) is 6.42 Å². The molecule has 0 bridgehead atoms. The molecule has 1 aromatic rings. The molecule has 3 heterocycles. The SMILES string of the molecule is CC(C)(C)OC(=O)NC(C(=O)N[C@@H]1C(=O)N2C(C(=O)O)=C(C(CC(F)(F)F)=C3CCNC3=O)CS[C@H]12)c1ccccc1. The largest absolute Gasteiger partial charge is 0.477 e. The first-order valence-electron chi connectivity index (χ1n) is 12.9. The molecule has 2 fully saturated rings. The third-order valence-electron chi connectivity index (χ3n) is 6.57. The number of carboxylic acid groups (broad SMARTS) is 1. The number of carboxylic acids is 1. The van der Waals surface area contributed by atoms with E-state index in [1.807, 2.05) is 0 Å². The van der Waals surface area contributed by atoms with Crippen molar-refractivity contribution in [2.45, 2.75) is 62.8 Å². The molecular formula is C27H29F3N4O7S. The molecule has 1 unspecified atom stereocenters. The maximum Gasteiger partial charge on any atom is 0.408 e. The van der Waals surface area contributed by atoms with Crippen LogP contribution in [0, 0.1) is 0 Å². The number of nitrogens with one attached hydrogen (secondary N) is 3. The fourth-order valence-corrected chi connectivity index (χ4v) is 6.25. The number of fused-ring (bicyclic) bond motifs is 1. The molecule has 3 aliphatic rings. The van der Waals surface area contributed by atoms with Crippen molar-refractivity contribution in [1.29, 1.82) is 0 Å². The van der Waals surface area contributed by atoms with Crippen molar-refractivity contribution >= 4 is 41.5 Å². The average Bonchev–Trinajstić information content (AvgIpc) is 3.32. The van der Waals surface area contributed by atoms with E-state index in [-0.39, 0.29) is 29.9 Å². The molecular weight excluding hydrogens is 581 g/mol. The van der Waals surface area contributed by atoms with Crippen LogP contribution in [0.3, 0.4) is 0 Å². The highest BCUT2D eigenvalue weighted by atomic mass is 32.2. The van der Waals surface area contributed by atoms with Gasteiger partial charge in [-0.15, -0.1) is 11.8 Å². The standard InChI is InChI=1S/C27H29F3N4O7S/c1-26(2,3)41-25(40)33-17(13-7-5-4-6-8-13)21(36)32-18-22(37)34-19(24(38)39)16(12-42-23(18)34)15(11-27(28,29)30)14-9-10-31-20(14)35/h4-8,17-18,23H,9-12H2,1-3H3,(H,31,35)(H,32,36)(H,33,40)(H,38,39)/t17?,18-,23-/m1/s1. The summed E-state index contributed by atoms with van der Waals surface area (Å²) in [6.45, 7) is 5.03. The number of aliphatic carboxylic acids is 1. The Kier molecular flexibility index (Phi) is 8.62. The number of allylic oxidation sites excluding steroid dienone is 1. The Balaban J connectivity index is 1.61. The first-order valence-corrected chi connectivity index (χ1v) is 14.0. The molecule has 0 aromatic heterocycles. The summed E-state index contributed by atoms with van der Waals surface area (Å²) in [7, 11) is 0. The van der Waals surface area contributed by atoms with Gasteiger partial charge in [0.15, 0.2) is 0 Å². The number of amides is 4. The van der Waals surface area contributed by atoms with Crippen LogP contribution in [0.2, 0.25) is 0 Å². The second kappa shape index (κ2) is 11.7. The van der Waals surface area contributed by atoms with Gasteiger partial charge in [-0.25, -0.2) is 9.59 Å². The van der Waals surface area contributed by atoms with Crippen molar-refractivity contribution in [3.05, 3.63) is 58.3 Å². The smallest absolute Gasteiger partial charge is 0.408 e. The van der Waals surface area contributed by atoms with Crippen LogP contribution in [-0.4, -0.2) is 75.3 Å². The third kappa shape index (κ3) is 6.72. The molecule has 3 aliphatic heterocycles. The molecule has 4 rings (SSSR count). The van der Waals surface area contributed by atoms with Crippen LogP contribution < -0.4 is 16.0 Å². The van der Waals surface area contributed by atoms with Gasteiger partial charge >= 0.3 is 18.2 Å². The lowest BCUT2D eigenvalue weighted by Gasteiger charge is -2.50. The maximum atomic E-state index is 13.5. The molecule has 15 heteroatoms. The van der Waals surface area contributed by atoms with E-state index in [1.165, 1.54) is 0 Å². The van der Waals surface area contributed by atoms with Crippen LogP contribution >= 0.6 is 11.8 Å². The second-order valence-electron chi connectivity index (χ2n) is 10.8. The summed E-state index contributed by atoms with van der Waals surface area (Å²) < 4.78 is 45.8. The number of rotatable bonds is 7. The summed E-state index contributed by atoms with van der Waals surface area (Å²) >= 11 is 0.964. The molecule has 42 heavy (non-hydrogen) atoms. The van der Waals surface area contributed by atoms with Crippen molar-refractivity contribution in [1.82, 2.24) is 20.9 Å². The Morgan fingerprint density at radius 3 is 2.38 bits per heavy atom. The van der Waals surface area contributed by atoms with E-state index in [0.717, 1.165) is 16.7 Å². The number of alkyl halides is 3. The summed E-state index contributed by atoms with van der Waals surface area (Å²) in [5.74, 6) is -4.24. The quantitative estimate of drug-likeness (QED) is 0.272. The van der Waals surface area contributed by atoms with Gasteiger partial charge in [-0.05, 0) is 43.9 Å². The van der Waals surface area contributed by atoms with E-state index in [0.29, 0.717) is 5.56 Å². The first-order chi connectivity index (χ1) is 19.6. The minimum Gasteiger partial charge on any atom is -0.477 e. The summed E-state index contributed by atoms with van der Waals surface area (Å²) in [4.78, 5) is 64.5. The van der Waals surface area contributed by atoms with Gasteiger partial charge in [0, 0.05) is 17.9 Å². The maximum absolute atomic E-state index is 13.5. The predicted octanol–water partition coefficient (Wildman–Crippen LogP) is 2.76. The average molecular weight is 611 g/mol. The van der Waals surface area contributed by atoms with Crippen LogP contribution in [0.25, 0.3) is 0 Å². The number of nitrogens with zero attached hydrogens (tertiary/aromatic N) is 1. The Morgan fingerprint density at radius 1 is 1.17 bits per heavy atom. The zero-order valence-corrected chi connectivity index (χ0v) is 23.6. The van der Waals surface area contributed by atoms with Crippen molar-refractivity contribution in [3.63, 3.8) is 0 Å². The molecule has 226 valence electrons. The van der Waals surface area contributed by atoms with E-state index in [4.69, 9.17) is 4.74 Å². The van der Waals surface area contributed by atoms with Gasteiger partial charge < -0.3 is 25.8 Å². The van der Waals surface area contributed by atoms with E-state index in [1.54, 1.807) is 51.1 Å². The molecule has 2 saturated heterocycles. The number of thioether (sulfide) groups is 1. The lowest BCUT2D eigenvalue weighted by Crippen LogP contribution is -2.71. The number of carbonyl (C=O) groups is 5. The molecule has 0 radical (unpaired) electrons. The van der Waals surface area contributed by atoms with Crippen LogP contribution in [0.1, 0.15) is 45.2 Å². The van der Waals surface area contributed by atoms with Crippen LogP contribution in [0.5, 0.6) is 0 Å². The normalized spacial score (nSPS) is 22.5. The van der Waals surface area contributed by atoms with Crippen molar-refractivity contribution in [2.75, 3.05) is 12.3 Å². The summed E-state index contributed by atoms with van der Waals surface area (Å²) in [6.07, 6.45) is -7.19. The number of β-lactam (4-membered cyclic amide) rings is 1. The Morgan fingerprint density at radius 2 is 1.83 bits per heavy atom. The monoisotopic (exact) mass is 610 g/mol. The van der Waals surface area contributed by atoms with Crippen LogP contribution in [-0.2, 0) is 23.9 Å². The summed E-state index contributed by atoms with van der Waals surface area (Å²) in [5, 5.41) is 16.5. The van der Waals surface area contributed by atoms with Gasteiger partial charge in [0.1, 0.15) is 28.8 Å². The molecule has 1 aromatic carbocycles. The Labute approximate surface area is 242 Å². The number of carbonyl (C=O) groups excluding carboxylic acids is 4. The fourth-order valence-electron chi connectivity index (χ4n) is 4.86. The fraction of sp³-hybridized carbons (Fsp3) is 0.444. The lowest BCUT2D eigenvalue weighted by molar-refractivity contribution is -0.151. The van der Waals surface area contributed by atoms with Crippen molar-refractivity contribution in [3.8, 4) is 0 Å². The topological polar surface area (TPSA) is 154 Å². The minimum absolute atomic E-state index is 0.0209. The lowest BCUT2D eigenvalue weighted by atomic mass is 9.92. The van der Waals surface area contributed by atoms with E-state index >= 15 is 0 Å². The zero-order valence-electron chi connectivity index (χ0n) is 22.8. The molecule has 0 saturated carbocycles. The highest BCUT2D eigenvalue weighted by Crippen LogP contribution is 2.45. The highest BCUT2D eigenvalue weighted by molar-refractivity contribution is 8.00. The number of ether oxygens (including phenoxy) is 1. The van der Waals surface area contributed by atoms with Crippen molar-refractivity contribution in [2.24, 2.45) is 0 Å². The van der Waals surface area contributed by atoms with Crippen LogP contribution in [0.15, 0.2) is 52.7 Å². The second-order valence-corrected chi connectivity index (χ2v) is 11.9. The molecule has 4 amide bonds. The zero-order chi connectivity index (χ0) is 31.0. The number of hydrogen-bond acceptors (Lipinski definition) is 7. The molecule has 0 spiro atoms. The van der Waals surface area contributed by atoms with Gasteiger partial charge in [-0.2, -0.15) is 13.2 Å². The number of alkyl carbamates (subject to hydrolysis) is 1. The molecule has 11 nitrogen and oxygen atoms in total. The van der Waals surface area contributed by atoms with Crippen LogP contribution in [0.4, 0.5) is 18.0 Å². The number of hydrogen-bond donors (Lipinski definition) is 4. The molecule has 3 atom stereocenters. The Bertz CT molecular complexity index is 1370. The minimum atomic E-state index is -4.74. The van der Waals surface area contributed by atoms with Gasteiger partial charge in [-0.1, -0.05) is 30.3 Å². The summed E-state index contributed by atoms with van der Waals surface area (Å²) in [6, 6.07) is 5.65. The van der Waals surface area contributed by atoms with E-state index < -0.39 is 76.7 Å². The first kappa shape index (κ1) is 30.9. The predicted molar refractivity (Wildman–Crippen MR) is 144 cm³/mol. The Hall–Kier alpha value is -4.01. The van der Waals surface area contributed by atoms with Gasteiger partial charge in [0.2, 0.25) is 11.8 Å². The van der Waals surface area contributed by atoms with Gasteiger partial charge in [0.25, 0.3) is 5.91 Å². The highest BCUT2D eigenvalue weighted by Gasteiger charge is 2.55. The molecule has 0 aliphatic carbocycles. The van der Waals surface area contributed by atoms with E-state index in [2.05, 4.69) is 16.0 Å².